The van der Waals surface area contributed by atoms with Crippen LogP contribution in [-0.2, 0) is 21.4 Å². The molecule has 0 saturated carbocycles. The maximum atomic E-state index is 12.2. The van der Waals surface area contributed by atoms with Gasteiger partial charge in [0.05, 0.1) is 17.1 Å². The maximum absolute atomic E-state index is 12.2. The van der Waals surface area contributed by atoms with Crippen LogP contribution in [0.4, 0.5) is 5.69 Å². The van der Waals surface area contributed by atoms with E-state index in [1.54, 1.807) is 12.1 Å². The molecular weight excluding hydrogens is 322 g/mol. The van der Waals surface area contributed by atoms with Crippen LogP contribution in [0, 0.1) is 13.8 Å². The second-order valence-corrected chi connectivity index (χ2v) is 7.83. The molecule has 0 aliphatic rings. The van der Waals surface area contributed by atoms with E-state index < -0.39 is 10.0 Å². The molecule has 0 atom stereocenters. The average molecular weight is 339 g/mol. The molecule has 8 heteroatoms. The topological polar surface area (TPSA) is 88.2 Å². The number of carbonyl (C=O) groups is 1. The maximum Gasteiger partial charge on any atom is 0.240 e. The second-order valence-electron chi connectivity index (χ2n) is 4.78. The van der Waals surface area contributed by atoms with Crippen LogP contribution >= 0.6 is 11.3 Å². The highest BCUT2D eigenvalue weighted by Gasteiger charge is 2.15. The minimum absolute atomic E-state index is 0.145. The van der Waals surface area contributed by atoms with Gasteiger partial charge < -0.3 is 5.32 Å². The monoisotopic (exact) mass is 339 g/mol. The van der Waals surface area contributed by atoms with Gasteiger partial charge in [-0.1, -0.05) is 0 Å². The van der Waals surface area contributed by atoms with Gasteiger partial charge in [0.25, 0.3) is 0 Å². The zero-order chi connectivity index (χ0) is 16.3. The Balaban J connectivity index is 2.07. The Morgan fingerprint density at radius 3 is 2.36 bits per heavy atom. The van der Waals surface area contributed by atoms with Crippen molar-refractivity contribution in [3.05, 3.63) is 39.8 Å². The van der Waals surface area contributed by atoms with Gasteiger partial charge in [0, 0.05) is 17.5 Å². The fraction of sp³-hybridized carbons (Fsp3) is 0.286. The molecule has 22 heavy (non-hydrogen) atoms. The Hall–Kier alpha value is -1.77. The number of nitrogens with zero attached hydrogens (tertiary/aromatic N) is 1. The summed E-state index contributed by atoms with van der Waals surface area (Å²) < 4.78 is 26.9. The van der Waals surface area contributed by atoms with Crippen molar-refractivity contribution in [2.75, 3.05) is 5.32 Å². The number of amides is 1. The summed E-state index contributed by atoms with van der Waals surface area (Å²) in [5, 5.41) is 3.32. The molecule has 0 saturated heterocycles. The molecule has 2 N–H and O–H groups in total. The van der Waals surface area contributed by atoms with Crippen LogP contribution in [0.1, 0.15) is 22.5 Å². The largest absolute Gasteiger partial charge is 0.326 e. The normalized spacial score (nSPS) is 11.4. The van der Waals surface area contributed by atoms with Crippen LogP contribution in [0.3, 0.4) is 0 Å². The highest BCUT2D eigenvalue weighted by atomic mass is 32.2. The van der Waals surface area contributed by atoms with Crippen molar-refractivity contribution in [3.63, 3.8) is 0 Å². The molecule has 6 nitrogen and oxygen atoms in total. The van der Waals surface area contributed by atoms with Gasteiger partial charge in [0.1, 0.15) is 5.01 Å². The standard InChI is InChI=1S/C14H17N3O3S2/c1-9-10(2)21-14(16-9)8-15-22(19,20)13-6-4-12(5-7-13)17-11(3)18/h4-7,15H,8H2,1-3H3,(H,17,18). The molecule has 0 bridgehead atoms. The predicted molar refractivity (Wildman–Crippen MR) is 86.4 cm³/mol. The number of benzene rings is 1. The van der Waals surface area contributed by atoms with Crippen molar-refractivity contribution in [1.82, 2.24) is 9.71 Å². The minimum Gasteiger partial charge on any atom is -0.326 e. The summed E-state index contributed by atoms with van der Waals surface area (Å²) in [5.74, 6) is -0.205. The molecule has 1 heterocycles. The van der Waals surface area contributed by atoms with Gasteiger partial charge in [-0.25, -0.2) is 18.1 Å². The third-order valence-corrected chi connectivity index (χ3v) is 5.46. The van der Waals surface area contributed by atoms with E-state index >= 15 is 0 Å². The summed E-state index contributed by atoms with van der Waals surface area (Å²) in [7, 11) is -3.60. The van der Waals surface area contributed by atoms with E-state index in [9.17, 15) is 13.2 Å². The number of aryl methyl sites for hydroxylation is 2. The van der Waals surface area contributed by atoms with Crippen LogP contribution < -0.4 is 10.0 Å². The number of thiazole rings is 1. The molecule has 1 aromatic heterocycles. The average Bonchev–Trinajstić information content (AvgIpc) is 2.76. The number of sulfonamides is 1. The summed E-state index contributed by atoms with van der Waals surface area (Å²) in [4.78, 5) is 16.5. The Bertz CT molecular complexity index is 761. The molecular formula is C14H17N3O3S2. The fourth-order valence-electron chi connectivity index (χ4n) is 1.78. The molecule has 118 valence electrons. The van der Waals surface area contributed by atoms with Crippen LogP contribution in [0.25, 0.3) is 0 Å². The smallest absolute Gasteiger partial charge is 0.240 e. The Kier molecular flexibility index (Phi) is 4.94. The Morgan fingerprint density at radius 2 is 1.86 bits per heavy atom. The molecule has 1 amide bonds. The summed E-state index contributed by atoms with van der Waals surface area (Å²) in [6.07, 6.45) is 0. The minimum atomic E-state index is -3.60. The molecule has 0 aliphatic heterocycles. The number of nitrogens with one attached hydrogen (secondary N) is 2. The molecule has 0 radical (unpaired) electrons. The van der Waals surface area contributed by atoms with Crippen molar-refractivity contribution in [3.8, 4) is 0 Å². The first-order valence-corrected chi connectivity index (χ1v) is 8.88. The highest BCUT2D eigenvalue weighted by Crippen LogP contribution is 2.18. The lowest BCUT2D eigenvalue weighted by molar-refractivity contribution is -0.114. The number of aromatic nitrogens is 1. The summed E-state index contributed by atoms with van der Waals surface area (Å²) in [5.41, 5.74) is 1.47. The SMILES string of the molecule is CC(=O)Nc1ccc(S(=O)(=O)NCc2nc(C)c(C)s2)cc1. The number of hydrogen-bond donors (Lipinski definition) is 2. The number of anilines is 1. The summed E-state index contributed by atoms with van der Waals surface area (Å²) in [6, 6.07) is 6.00. The van der Waals surface area contributed by atoms with E-state index in [1.807, 2.05) is 13.8 Å². The quantitative estimate of drug-likeness (QED) is 0.874. The van der Waals surface area contributed by atoms with E-state index in [4.69, 9.17) is 0 Å². The molecule has 0 aliphatic carbocycles. The lowest BCUT2D eigenvalue weighted by Gasteiger charge is -2.07. The van der Waals surface area contributed by atoms with Crippen molar-refractivity contribution in [2.45, 2.75) is 32.2 Å². The van der Waals surface area contributed by atoms with Gasteiger partial charge in [-0.05, 0) is 38.1 Å². The van der Waals surface area contributed by atoms with Crippen LogP contribution in [-0.4, -0.2) is 19.3 Å². The lowest BCUT2D eigenvalue weighted by Crippen LogP contribution is -2.23. The van der Waals surface area contributed by atoms with Gasteiger partial charge in [-0.3, -0.25) is 4.79 Å². The first-order chi connectivity index (χ1) is 10.3. The van der Waals surface area contributed by atoms with Gasteiger partial charge in [0.2, 0.25) is 15.9 Å². The molecule has 0 spiro atoms. The summed E-state index contributed by atoms with van der Waals surface area (Å²) >= 11 is 1.47. The number of rotatable bonds is 5. The first kappa shape index (κ1) is 16.6. The Labute approximate surface area is 133 Å². The third-order valence-electron chi connectivity index (χ3n) is 2.97. The third kappa shape index (κ3) is 4.12. The summed E-state index contributed by atoms with van der Waals surface area (Å²) in [6.45, 7) is 5.40. The van der Waals surface area contributed by atoms with Gasteiger partial charge in [0.15, 0.2) is 0 Å². The Morgan fingerprint density at radius 1 is 1.23 bits per heavy atom. The number of carbonyl (C=O) groups excluding carboxylic acids is 1. The van der Waals surface area contributed by atoms with Crippen LogP contribution in [0.15, 0.2) is 29.2 Å². The number of hydrogen-bond acceptors (Lipinski definition) is 5. The van der Waals surface area contributed by atoms with Crippen molar-refractivity contribution >= 4 is 33.0 Å². The van der Waals surface area contributed by atoms with Crippen molar-refractivity contribution in [2.24, 2.45) is 0 Å². The highest BCUT2D eigenvalue weighted by molar-refractivity contribution is 7.89. The predicted octanol–water partition coefficient (Wildman–Crippen LogP) is 2.20. The van der Waals surface area contributed by atoms with E-state index in [1.165, 1.54) is 30.4 Å². The van der Waals surface area contributed by atoms with E-state index in [-0.39, 0.29) is 17.3 Å². The van der Waals surface area contributed by atoms with Gasteiger partial charge >= 0.3 is 0 Å². The van der Waals surface area contributed by atoms with Crippen LogP contribution in [0.5, 0.6) is 0 Å². The van der Waals surface area contributed by atoms with E-state index in [0.29, 0.717) is 5.69 Å². The first-order valence-electron chi connectivity index (χ1n) is 6.58. The fourth-order valence-corrected chi connectivity index (χ4v) is 3.73. The van der Waals surface area contributed by atoms with Crippen molar-refractivity contribution < 1.29 is 13.2 Å². The molecule has 2 rings (SSSR count). The van der Waals surface area contributed by atoms with Gasteiger partial charge in [-0.15, -0.1) is 11.3 Å². The van der Waals surface area contributed by atoms with E-state index in [0.717, 1.165) is 15.6 Å². The zero-order valence-corrected chi connectivity index (χ0v) is 14.1. The van der Waals surface area contributed by atoms with Gasteiger partial charge in [-0.2, -0.15) is 0 Å². The second kappa shape index (κ2) is 6.55. The van der Waals surface area contributed by atoms with E-state index in [2.05, 4.69) is 15.0 Å². The molecule has 0 fully saturated rings. The molecule has 0 unspecified atom stereocenters. The van der Waals surface area contributed by atoms with Crippen molar-refractivity contribution in [1.29, 1.82) is 0 Å². The zero-order valence-electron chi connectivity index (χ0n) is 12.5. The lowest BCUT2D eigenvalue weighted by atomic mass is 10.3. The molecule has 1 aromatic carbocycles. The van der Waals surface area contributed by atoms with Crippen LogP contribution in [0.2, 0.25) is 0 Å². The molecule has 2 aromatic rings.